The lowest BCUT2D eigenvalue weighted by Gasteiger charge is -2.12. The number of carbonyl (C=O) groups is 1. The van der Waals surface area contributed by atoms with Crippen molar-refractivity contribution in [1.82, 2.24) is 5.32 Å². The van der Waals surface area contributed by atoms with E-state index in [1.54, 1.807) is 6.07 Å². The SMILES string of the molecule is CCc1occc1C(=O)NC(C)CCCO. The van der Waals surface area contributed by atoms with E-state index >= 15 is 0 Å². The summed E-state index contributed by atoms with van der Waals surface area (Å²) in [7, 11) is 0. The predicted octanol–water partition coefficient (Wildman–Crippen LogP) is 1.73. The summed E-state index contributed by atoms with van der Waals surface area (Å²) in [6.45, 7) is 4.04. The number of aliphatic hydroxyl groups is 1. The van der Waals surface area contributed by atoms with Crippen molar-refractivity contribution in [3.8, 4) is 0 Å². The Kier molecular flexibility index (Phi) is 5.05. The van der Waals surface area contributed by atoms with Gasteiger partial charge in [-0.3, -0.25) is 4.79 Å². The lowest BCUT2D eigenvalue weighted by Crippen LogP contribution is -2.32. The summed E-state index contributed by atoms with van der Waals surface area (Å²) in [5.74, 6) is 0.614. The Hall–Kier alpha value is -1.29. The van der Waals surface area contributed by atoms with Crippen molar-refractivity contribution in [3.05, 3.63) is 23.7 Å². The summed E-state index contributed by atoms with van der Waals surface area (Å²) in [6, 6.07) is 1.76. The van der Waals surface area contributed by atoms with Crippen LogP contribution >= 0.6 is 0 Å². The number of aliphatic hydroxyl groups excluding tert-OH is 1. The molecule has 0 aromatic carbocycles. The minimum absolute atomic E-state index is 0.0688. The number of hydrogen-bond donors (Lipinski definition) is 2. The van der Waals surface area contributed by atoms with Gasteiger partial charge in [-0.05, 0) is 25.8 Å². The third-order valence-corrected chi connectivity index (χ3v) is 2.48. The first kappa shape index (κ1) is 12.8. The van der Waals surface area contributed by atoms with E-state index < -0.39 is 0 Å². The fourth-order valence-electron chi connectivity index (χ4n) is 1.59. The van der Waals surface area contributed by atoms with E-state index in [9.17, 15) is 4.79 Å². The van der Waals surface area contributed by atoms with Crippen molar-refractivity contribution in [2.45, 2.75) is 39.2 Å². The monoisotopic (exact) mass is 225 g/mol. The second kappa shape index (κ2) is 6.33. The molecule has 1 atom stereocenters. The van der Waals surface area contributed by atoms with E-state index in [0.717, 1.165) is 6.42 Å². The van der Waals surface area contributed by atoms with Crippen LogP contribution in [0, 0.1) is 0 Å². The number of hydrogen-bond acceptors (Lipinski definition) is 3. The van der Waals surface area contributed by atoms with E-state index in [-0.39, 0.29) is 18.6 Å². The van der Waals surface area contributed by atoms with Crippen LogP contribution in [0.3, 0.4) is 0 Å². The van der Waals surface area contributed by atoms with Gasteiger partial charge in [0.05, 0.1) is 11.8 Å². The number of amides is 1. The summed E-state index contributed by atoms with van der Waals surface area (Å²) < 4.78 is 5.20. The topological polar surface area (TPSA) is 62.5 Å². The molecule has 0 spiro atoms. The van der Waals surface area contributed by atoms with Crippen molar-refractivity contribution in [3.63, 3.8) is 0 Å². The molecular formula is C12H19NO3. The largest absolute Gasteiger partial charge is 0.469 e. The summed E-state index contributed by atoms with van der Waals surface area (Å²) in [5.41, 5.74) is 0.610. The van der Waals surface area contributed by atoms with Crippen LogP contribution in [0.2, 0.25) is 0 Å². The fraction of sp³-hybridized carbons (Fsp3) is 0.583. The molecule has 1 heterocycles. The average Bonchev–Trinajstić information content (AvgIpc) is 2.74. The molecule has 1 aromatic heterocycles. The lowest BCUT2D eigenvalue weighted by molar-refractivity contribution is 0.0934. The van der Waals surface area contributed by atoms with Gasteiger partial charge < -0.3 is 14.8 Å². The van der Waals surface area contributed by atoms with Gasteiger partial charge in [0.1, 0.15) is 5.76 Å². The molecule has 2 N–H and O–H groups in total. The molecule has 1 rings (SSSR count). The summed E-state index contributed by atoms with van der Waals surface area (Å²) in [6.07, 6.45) is 3.72. The standard InChI is InChI=1S/C12H19NO3/c1-3-11-10(6-8-16-11)12(15)13-9(2)5-4-7-14/h6,8-9,14H,3-5,7H2,1-2H3,(H,13,15). The summed E-state index contributed by atoms with van der Waals surface area (Å²) in [4.78, 5) is 11.8. The van der Waals surface area contributed by atoms with Crippen LogP contribution in [0.4, 0.5) is 0 Å². The molecule has 90 valence electrons. The molecule has 0 saturated carbocycles. The maximum atomic E-state index is 11.8. The van der Waals surface area contributed by atoms with Gasteiger partial charge in [0.2, 0.25) is 0 Å². The van der Waals surface area contributed by atoms with Gasteiger partial charge in [0, 0.05) is 19.1 Å². The predicted molar refractivity (Wildman–Crippen MR) is 61.3 cm³/mol. The molecule has 0 radical (unpaired) electrons. The molecule has 1 unspecified atom stereocenters. The Balaban J connectivity index is 2.52. The van der Waals surface area contributed by atoms with Gasteiger partial charge in [0.25, 0.3) is 5.91 Å². The van der Waals surface area contributed by atoms with Crippen molar-refractivity contribution < 1.29 is 14.3 Å². The van der Waals surface area contributed by atoms with Gasteiger partial charge in [0.15, 0.2) is 0 Å². The normalized spacial score (nSPS) is 12.4. The molecule has 16 heavy (non-hydrogen) atoms. The molecule has 0 saturated heterocycles. The van der Waals surface area contributed by atoms with Crippen molar-refractivity contribution in [2.24, 2.45) is 0 Å². The smallest absolute Gasteiger partial charge is 0.255 e. The second-order valence-corrected chi connectivity index (χ2v) is 3.85. The average molecular weight is 225 g/mol. The maximum Gasteiger partial charge on any atom is 0.255 e. The van der Waals surface area contributed by atoms with Crippen molar-refractivity contribution in [2.75, 3.05) is 6.61 Å². The Morgan fingerprint density at radius 2 is 2.38 bits per heavy atom. The van der Waals surface area contributed by atoms with Gasteiger partial charge in [-0.25, -0.2) is 0 Å². The molecule has 4 heteroatoms. The first-order valence-electron chi connectivity index (χ1n) is 5.67. The molecule has 0 aliphatic heterocycles. The maximum absolute atomic E-state index is 11.8. The Labute approximate surface area is 95.7 Å². The third-order valence-electron chi connectivity index (χ3n) is 2.48. The van der Waals surface area contributed by atoms with E-state index in [0.29, 0.717) is 24.2 Å². The molecular weight excluding hydrogens is 206 g/mol. The Morgan fingerprint density at radius 3 is 3.00 bits per heavy atom. The minimum atomic E-state index is -0.101. The zero-order valence-corrected chi connectivity index (χ0v) is 9.82. The first-order valence-corrected chi connectivity index (χ1v) is 5.67. The van der Waals surface area contributed by atoms with Gasteiger partial charge in [-0.1, -0.05) is 6.92 Å². The van der Waals surface area contributed by atoms with Crippen LogP contribution in [0.15, 0.2) is 16.7 Å². The highest BCUT2D eigenvalue weighted by molar-refractivity contribution is 5.95. The van der Waals surface area contributed by atoms with Gasteiger partial charge in [-0.2, -0.15) is 0 Å². The van der Waals surface area contributed by atoms with Crippen LogP contribution in [0.5, 0.6) is 0 Å². The number of furan rings is 1. The molecule has 0 bridgehead atoms. The van der Waals surface area contributed by atoms with Crippen LogP contribution in [-0.4, -0.2) is 23.7 Å². The van der Waals surface area contributed by atoms with E-state index in [4.69, 9.17) is 9.52 Å². The van der Waals surface area contributed by atoms with Crippen LogP contribution < -0.4 is 5.32 Å². The molecule has 1 aromatic rings. The first-order chi connectivity index (χ1) is 7.69. The molecule has 0 aliphatic rings. The Morgan fingerprint density at radius 1 is 1.62 bits per heavy atom. The van der Waals surface area contributed by atoms with E-state index in [1.807, 2.05) is 13.8 Å². The van der Waals surface area contributed by atoms with Crippen LogP contribution in [-0.2, 0) is 6.42 Å². The van der Waals surface area contributed by atoms with E-state index in [2.05, 4.69) is 5.32 Å². The van der Waals surface area contributed by atoms with Crippen LogP contribution in [0.1, 0.15) is 42.8 Å². The summed E-state index contributed by atoms with van der Waals surface area (Å²) in [5, 5.41) is 11.6. The van der Waals surface area contributed by atoms with Crippen LogP contribution in [0.25, 0.3) is 0 Å². The molecule has 0 fully saturated rings. The van der Waals surface area contributed by atoms with Gasteiger partial charge >= 0.3 is 0 Å². The summed E-state index contributed by atoms with van der Waals surface area (Å²) >= 11 is 0. The third kappa shape index (κ3) is 3.38. The molecule has 1 amide bonds. The lowest BCUT2D eigenvalue weighted by atomic mass is 10.1. The number of nitrogens with one attached hydrogen (secondary N) is 1. The highest BCUT2D eigenvalue weighted by Gasteiger charge is 2.14. The van der Waals surface area contributed by atoms with Crippen molar-refractivity contribution >= 4 is 5.91 Å². The number of carbonyl (C=O) groups excluding carboxylic acids is 1. The van der Waals surface area contributed by atoms with Gasteiger partial charge in [-0.15, -0.1) is 0 Å². The highest BCUT2D eigenvalue weighted by Crippen LogP contribution is 2.11. The number of rotatable bonds is 6. The molecule has 4 nitrogen and oxygen atoms in total. The highest BCUT2D eigenvalue weighted by atomic mass is 16.3. The minimum Gasteiger partial charge on any atom is -0.469 e. The zero-order chi connectivity index (χ0) is 12.0. The Bertz CT molecular complexity index is 333. The second-order valence-electron chi connectivity index (χ2n) is 3.85. The quantitative estimate of drug-likeness (QED) is 0.775. The van der Waals surface area contributed by atoms with E-state index in [1.165, 1.54) is 6.26 Å². The zero-order valence-electron chi connectivity index (χ0n) is 9.82. The fourth-order valence-corrected chi connectivity index (χ4v) is 1.59. The van der Waals surface area contributed by atoms with Crippen molar-refractivity contribution in [1.29, 1.82) is 0 Å². The number of aryl methyl sites for hydroxylation is 1. The molecule has 0 aliphatic carbocycles.